The van der Waals surface area contributed by atoms with Crippen LogP contribution in [-0.2, 0) is 11.3 Å². The summed E-state index contributed by atoms with van der Waals surface area (Å²) in [6.45, 7) is 6.69. The van der Waals surface area contributed by atoms with Gasteiger partial charge in [-0.05, 0) is 62.4 Å². The van der Waals surface area contributed by atoms with E-state index in [-0.39, 0.29) is 18.6 Å². The number of piperidine rings is 1. The predicted molar refractivity (Wildman–Crippen MR) is 129 cm³/mol. The molecule has 0 spiro atoms. The molecular formula is C27H33N3O4. The van der Waals surface area contributed by atoms with Crippen LogP contribution in [0.25, 0.3) is 0 Å². The lowest BCUT2D eigenvalue weighted by Gasteiger charge is -2.39. The Morgan fingerprint density at radius 2 is 1.82 bits per heavy atom. The normalized spacial score (nSPS) is 23.8. The van der Waals surface area contributed by atoms with E-state index < -0.39 is 6.04 Å². The van der Waals surface area contributed by atoms with E-state index in [9.17, 15) is 9.59 Å². The van der Waals surface area contributed by atoms with Crippen LogP contribution in [-0.4, -0.2) is 53.6 Å². The van der Waals surface area contributed by atoms with Crippen LogP contribution in [0.4, 0.5) is 0 Å². The molecule has 3 unspecified atom stereocenters. The van der Waals surface area contributed by atoms with Gasteiger partial charge in [0.05, 0.1) is 0 Å². The molecule has 3 atom stereocenters. The Hall–Kier alpha value is -3.06. The Labute approximate surface area is 201 Å². The molecule has 180 valence electrons. The largest absolute Gasteiger partial charge is 0.454 e. The average Bonchev–Trinajstić information content (AvgIpc) is 3.41. The van der Waals surface area contributed by atoms with Gasteiger partial charge in [0, 0.05) is 37.3 Å². The van der Waals surface area contributed by atoms with Crippen molar-refractivity contribution in [3.63, 3.8) is 0 Å². The Bertz CT molecular complexity index is 1060. The van der Waals surface area contributed by atoms with Crippen LogP contribution in [0.1, 0.15) is 67.1 Å². The van der Waals surface area contributed by atoms with E-state index in [0.717, 1.165) is 24.1 Å². The highest BCUT2D eigenvalue weighted by Crippen LogP contribution is 2.37. The topological polar surface area (TPSA) is 71.1 Å². The molecule has 1 N–H and O–H groups in total. The van der Waals surface area contributed by atoms with Crippen LogP contribution in [0.3, 0.4) is 0 Å². The van der Waals surface area contributed by atoms with Gasteiger partial charge in [-0.2, -0.15) is 0 Å². The van der Waals surface area contributed by atoms with Gasteiger partial charge >= 0.3 is 0 Å². The number of nitrogens with one attached hydrogen (secondary N) is 1. The molecule has 2 amide bonds. The molecule has 0 aromatic heterocycles. The lowest BCUT2D eigenvalue weighted by atomic mass is 9.97. The van der Waals surface area contributed by atoms with Crippen molar-refractivity contribution in [3.05, 3.63) is 59.2 Å². The first-order chi connectivity index (χ1) is 16.5. The van der Waals surface area contributed by atoms with E-state index in [2.05, 4.69) is 24.1 Å². The number of amides is 2. The summed E-state index contributed by atoms with van der Waals surface area (Å²) < 4.78 is 10.9. The third kappa shape index (κ3) is 4.37. The van der Waals surface area contributed by atoms with Crippen molar-refractivity contribution in [2.45, 2.75) is 64.2 Å². The summed E-state index contributed by atoms with van der Waals surface area (Å²) in [5.41, 5.74) is 2.26. The lowest BCUT2D eigenvalue weighted by Crippen LogP contribution is -2.45. The lowest BCUT2D eigenvalue weighted by molar-refractivity contribution is -0.125. The predicted octanol–water partition coefficient (Wildman–Crippen LogP) is 3.88. The van der Waals surface area contributed by atoms with Crippen molar-refractivity contribution >= 4 is 11.8 Å². The first kappa shape index (κ1) is 22.7. The number of hydrogen-bond donors (Lipinski definition) is 1. The number of hydrogen-bond acceptors (Lipinski definition) is 5. The quantitative estimate of drug-likeness (QED) is 0.631. The van der Waals surface area contributed by atoms with Gasteiger partial charge in [0.25, 0.3) is 5.91 Å². The van der Waals surface area contributed by atoms with Crippen LogP contribution in [0.15, 0.2) is 42.5 Å². The van der Waals surface area contributed by atoms with Gasteiger partial charge in [0.2, 0.25) is 12.7 Å². The number of benzene rings is 2. The SMILES string of the molecule is CC1CCCC(C)N1CCCNC(=O)C1c2ccccc2C(=O)N1Cc1ccc2c(c1)OCO2. The molecule has 7 heteroatoms. The maximum atomic E-state index is 13.4. The molecule has 0 radical (unpaired) electrons. The van der Waals surface area contributed by atoms with Crippen LogP contribution in [0.2, 0.25) is 0 Å². The van der Waals surface area contributed by atoms with Crippen molar-refractivity contribution in [2.75, 3.05) is 19.9 Å². The third-order valence-electron chi connectivity index (χ3n) is 7.36. The first-order valence-corrected chi connectivity index (χ1v) is 12.3. The molecule has 2 aromatic rings. The minimum absolute atomic E-state index is 0.121. The van der Waals surface area contributed by atoms with Crippen molar-refractivity contribution in [1.82, 2.24) is 15.1 Å². The zero-order valence-electron chi connectivity index (χ0n) is 20.0. The second kappa shape index (κ2) is 9.66. The second-order valence-electron chi connectivity index (χ2n) is 9.62. The fourth-order valence-corrected chi connectivity index (χ4v) is 5.54. The zero-order valence-corrected chi connectivity index (χ0v) is 20.0. The molecule has 0 saturated carbocycles. The van der Waals surface area contributed by atoms with E-state index in [1.165, 1.54) is 19.3 Å². The van der Waals surface area contributed by atoms with Crippen molar-refractivity contribution in [3.8, 4) is 11.5 Å². The first-order valence-electron chi connectivity index (χ1n) is 12.3. The van der Waals surface area contributed by atoms with Crippen LogP contribution in [0.5, 0.6) is 11.5 Å². The number of likely N-dealkylation sites (tertiary alicyclic amines) is 1. The van der Waals surface area contributed by atoms with Gasteiger partial charge < -0.3 is 19.7 Å². The molecule has 1 fully saturated rings. The molecule has 34 heavy (non-hydrogen) atoms. The van der Waals surface area contributed by atoms with Crippen LogP contribution in [0, 0.1) is 0 Å². The maximum Gasteiger partial charge on any atom is 0.255 e. The summed E-state index contributed by atoms with van der Waals surface area (Å²) in [7, 11) is 0. The minimum Gasteiger partial charge on any atom is -0.454 e. The van der Waals surface area contributed by atoms with Gasteiger partial charge in [0.15, 0.2) is 11.5 Å². The van der Waals surface area contributed by atoms with Gasteiger partial charge in [-0.3, -0.25) is 14.5 Å². The van der Waals surface area contributed by atoms with Gasteiger partial charge in [0.1, 0.15) is 6.04 Å². The van der Waals surface area contributed by atoms with Gasteiger partial charge in [-0.1, -0.05) is 30.7 Å². The summed E-state index contributed by atoms with van der Waals surface area (Å²) in [4.78, 5) is 30.8. The monoisotopic (exact) mass is 463 g/mol. The fraction of sp³-hybridized carbons (Fsp3) is 0.481. The summed E-state index contributed by atoms with van der Waals surface area (Å²) in [6.07, 6.45) is 4.67. The Morgan fingerprint density at radius 3 is 2.65 bits per heavy atom. The van der Waals surface area contributed by atoms with Crippen molar-refractivity contribution in [1.29, 1.82) is 0 Å². The highest BCUT2D eigenvalue weighted by atomic mass is 16.7. The highest BCUT2D eigenvalue weighted by molar-refractivity contribution is 6.04. The number of rotatable bonds is 7. The van der Waals surface area contributed by atoms with Crippen molar-refractivity contribution < 1.29 is 19.1 Å². The average molecular weight is 464 g/mol. The molecule has 2 aromatic carbocycles. The summed E-state index contributed by atoms with van der Waals surface area (Å²) in [5.74, 6) is 1.12. The highest BCUT2D eigenvalue weighted by Gasteiger charge is 2.40. The fourth-order valence-electron chi connectivity index (χ4n) is 5.54. The Balaban J connectivity index is 1.26. The van der Waals surface area contributed by atoms with Crippen LogP contribution >= 0.6 is 0 Å². The molecule has 3 heterocycles. The summed E-state index contributed by atoms with van der Waals surface area (Å²) >= 11 is 0. The van der Waals surface area contributed by atoms with E-state index in [0.29, 0.717) is 42.2 Å². The number of carbonyl (C=O) groups excluding carboxylic acids is 2. The molecule has 5 rings (SSSR count). The smallest absolute Gasteiger partial charge is 0.255 e. The van der Waals surface area contributed by atoms with E-state index >= 15 is 0 Å². The molecule has 0 aliphatic carbocycles. The van der Waals surface area contributed by atoms with Crippen LogP contribution < -0.4 is 14.8 Å². The number of fused-ring (bicyclic) bond motifs is 2. The summed E-state index contributed by atoms with van der Waals surface area (Å²) in [6, 6.07) is 13.6. The second-order valence-corrected chi connectivity index (χ2v) is 9.62. The summed E-state index contributed by atoms with van der Waals surface area (Å²) in [5, 5.41) is 3.11. The molecule has 7 nitrogen and oxygen atoms in total. The maximum absolute atomic E-state index is 13.4. The molecule has 1 saturated heterocycles. The van der Waals surface area contributed by atoms with Gasteiger partial charge in [-0.15, -0.1) is 0 Å². The van der Waals surface area contributed by atoms with Crippen molar-refractivity contribution in [2.24, 2.45) is 0 Å². The third-order valence-corrected chi connectivity index (χ3v) is 7.36. The molecule has 3 aliphatic rings. The van der Waals surface area contributed by atoms with Gasteiger partial charge in [-0.25, -0.2) is 0 Å². The number of ether oxygens (including phenoxy) is 2. The molecular weight excluding hydrogens is 430 g/mol. The standard InChI is InChI=1S/C27H33N3O4/c1-18-7-5-8-19(2)29(18)14-6-13-28-26(31)25-21-9-3-4-10-22(21)27(32)30(25)16-20-11-12-23-24(15-20)34-17-33-23/h3-4,9-12,15,18-19,25H,5-8,13-14,16-17H2,1-2H3,(H,28,31). The number of carbonyl (C=O) groups is 2. The van der Waals surface area contributed by atoms with E-state index in [4.69, 9.17) is 9.47 Å². The minimum atomic E-state index is -0.637. The zero-order chi connectivity index (χ0) is 23.7. The van der Waals surface area contributed by atoms with E-state index in [1.807, 2.05) is 36.4 Å². The van der Waals surface area contributed by atoms with E-state index in [1.54, 1.807) is 11.0 Å². The molecule has 3 aliphatic heterocycles. The number of nitrogens with zero attached hydrogens (tertiary/aromatic N) is 2. The Morgan fingerprint density at radius 1 is 1.06 bits per heavy atom. The molecule has 0 bridgehead atoms. The Kier molecular flexibility index (Phi) is 6.46.